The first-order valence-electron chi connectivity index (χ1n) is 13.2. The monoisotopic (exact) mass is 584 g/mol. The van der Waals surface area contributed by atoms with Gasteiger partial charge in [0.25, 0.3) is 0 Å². The Morgan fingerprint density at radius 3 is 2.35 bits per heavy atom. The van der Waals surface area contributed by atoms with Gasteiger partial charge in [0.2, 0.25) is 15.9 Å². The molecular formula is C28H35F3N2O6S. The van der Waals surface area contributed by atoms with Crippen LogP contribution >= 0.6 is 0 Å². The number of aryl methyl sites for hydroxylation is 2. The highest BCUT2D eigenvalue weighted by Gasteiger charge is 2.39. The number of carbonyl (C=O) groups is 1. The summed E-state index contributed by atoms with van der Waals surface area (Å²) in [6.45, 7) is 3.94. The summed E-state index contributed by atoms with van der Waals surface area (Å²) in [6, 6.07) is 7.61. The first-order chi connectivity index (χ1) is 18.8. The Labute approximate surface area is 232 Å². The summed E-state index contributed by atoms with van der Waals surface area (Å²) in [5.74, 6) is 0.264. The van der Waals surface area contributed by atoms with E-state index >= 15 is 0 Å². The number of amides is 1. The fourth-order valence-corrected chi connectivity index (χ4v) is 7.71. The molecule has 2 saturated heterocycles. The lowest BCUT2D eigenvalue weighted by Gasteiger charge is -2.38. The van der Waals surface area contributed by atoms with Gasteiger partial charge in [-0.05, 0) is 80.5 Å². The second-order valence-electron chi connectivity index (χ2n) is 10.5. The van der Waals surface area contributed by atoms with Crippen LogP contribution in [-0.4, -0.2) is 74.6 Å². The Morgan fingerprint density at radius 1 is 1.10 bits per heavy atom. The molecule has 2 heterocycles. The fourth-order valence-electron chi connectivity index (χ4n) is 5.62. The molecule has 0 aromatic heterocycles. The number of hydrogen-bond donors (Lipinski definition) is 1. The standard InChI is InChI=1S/C28H35F3N2O6S/c1-19-14-24(38-3)15-20(2)26(19)40(36,37)33-11-5-8-23(33)17-39-18-25(34)32-12-9-27(35,10-13-32)21-6-4-7-22(16-21)28(29,30)31/h4,6-7,14-16,23,35H,5,8-13,17-18H2,1-3H3. The van der Waals surface area contributed by atoms with Crippen LogP contribution in [0.3, 0.4) is 0 Å². The van der Waals surface area contributed by atoms with Crippen molar-refractivity contribution in [3.63, 3.8) is 0 Å². The molecule has 0 aliphatic carbocycles. The van der Waals surface area contributed by atoms with Crippen LogP contribution in [0.25, 0.3) is 0 Å². The van der Waals surface area contributed by atoms with Crippen molar-refractivity contribution in [2.24, 2.45) is 0 Å². The van der Waals surface area contributed by atoms with Crippen LogP contribution in [0.2, 0.25) is 0 Å². The third kappa shape index (κ3) is 6.29. The fraction of sp³-hybridized carbons (Fsp3) is 0.536. The number of benzene rings is 2. The number of carbonyl (C=O) groups excluding carboxylic acids is 1. The van der Waals surface area contributed by atoms with Gasteiger partial charge < -0.3 is 19.5 Å². The molecule has 0 spiro atoms. The van der Waals surface area contributed by atoms with E-state index in [4.69, 9.17) is 9.47 Å². The molecule has 2 aliphatic rings. The van der Waals surface area contributed by atoms with Gasteiger partial charge in [-0.1, -0.05) is 12.1 Å². The van der Waals surface area contributed by atoms with Crippen molar-refractivity contribution in [1.82, 2.24) is 9.21 Å². The van der Waals surface area contributed by atoms with E-state index in [1.807, 2.05) is 0 Å². The molecule has 2 aliphatic heterocycles. The van der Waals surface area contributed by atoms with E-state index in [-0.39, 0.29) is 55.5 Å². The molecule has 1 unspecified atom stereocenters. The molecule has 0 bridgehead atoms. The zero-order valence-corrected chi connectivity index (χ0v) is 23.6. The average molecular weight is 585 g/mol. The van der Waals surface area contributed by atoms with E-state index in [1.54, 1.807) is 26.0 Å². The number of sulfonamides is 1. The number of likely N-dealkylation sites (tertiary alicyclic amines) is 1. The van der Waals surface area contributed by atoms with E-state index in [0.717, 1.165) is 12.1 Å². The zero-order valence-electron chi connectivity index (χ0n) is 22.8. The Bertz CT molecular complexity index is 1320. The van der Waals surface area contributed by atoms with Gasteiger partial charge in [-0.2, -0.15) is 17.5 Å². The molecule has 40 heavy (non-hydrogen) atoms. The van der Waals surface area contributed by atoms with Crippen molar-refractivity contribution < 1.29 is 41.0 Å². The van der Waals surface area contributed by atoms with Crippen molar-refractivity contribution in [3.8, 4) is 5.75 Å². The predicted molar refractivity (Wildman–Crippen MR) is 141 cm³/mol. The van der Waals surface area contributed by atoms with E-state index < -0.39 is 33.4 Å². The van der Waals surface area contributed by atoms with Crippen LogP contribution in [0.15, 0.2) is 41.3 Å². The van der Waals surface area contributed by atoms with Crippen LogP contribution in [0, 0.1) is 13.8 Å². The molecular weight excluding hydrogens is 549 g/mol. The van der Waals surface area contributed by atoms with E-state index in [0.29, 0.717) is 36.3 Å². The van der Waals surface area contributed by atoms with Gasteiger partial charge in [0, 0.05) is 25.7 Å². The predicted octanol–water partition coefficient (Wildman–Crippen LogP) is 4.01. The summed E-state index contributed by atoms with van der Waals surface area (Å²) in [5.41, 5.74) is -0.932. The van der Waals surface area contributed by atoms with Crippen molar-refractivity contribution in [3.05, 3.63) is 58.7 Å². The number of aliphatic hydroxyl groups is 1. The van der Waals surface area contributed by atoms with Gasteiger partial charge in [0.15, 0.2) is 0 Å². The van der Waals surface area contributed by atoms with Crippen molar-refractivity contribution in [2.75, 3.05) is 40.0 Å². The minimum Gasteiger partial charge on any atom is -0.497 e. The first-order valence-corrected chi connectivity index (χ1v) is 14.6. The maximum atomic E-state index is 13.6. The highest BCUT2D eigenvalue weighted by molar-refractivity contribution is 7.89. The first kappa shape index (κ1) is 30.3. The van der Waals surface area contributed by atoms with Gasteiger partial charge in [-0.25, -0.2) is 8.42 Å². The van der Waals surface area contributed by atoms with Crippen molar-refractivity contribution >= 4 is 15.9 Å². The lowest BCUT2D eigenvalue weighted by Crippen LogP contribution is -2.46. The lowest BCUT2D eigenvalue weighted by molar-refractivity contribution is -0.141. The van der Waals surface area contributed by atoms with Crippen LogP contribution in [0.5, 0.6) is 5.75 Å². The minimum absolute atomic E-state index is 0.0568. The SMILES string of the molecule is COc1cc(C)c(S(=O)(=O)N2CCCC2COCC(=O)N2CCC(O)(c3cccc(C(F)(F)F)c3)CC2)c(C)c1. The molecule has 8 nitrogen and oxygen atoms in total. The molecule has 4 rings (SSSR count). The summed E-state index contributed by atoms with van der Waals surface area (Å²) in [5, 5.41) is 11.0. The molecule has 2 fully saturated rings. The summed E-state index contributed by atoms with van der Waals surface area (Å²) in [4.78, 5) is 14.5. The Kier molecular flexibility index (Phi) is 8.84. The van der Waals surface area contributed by atoms with Gasteiger partial charge in [-0.15, -0.1) is 0 Å². The van der Waals surface area contributed by atoms with E-state index in [2.05, 4.69) is 0 Å². The number of piperidine rings is 1. The molecule has 2 aromatic carbocycles. The second-order valence-corrected chi connectivity index (χ2v) is 12.3. The van der Waals surface area contributed by atoms with Gasteiger partial charge >= 0.3 is 6.18 Å². The Hall–Kier alpha value is -2.67. The third-order valence-corrected chi connectivity index (χ3v) is 10.0. The molecule has 0 radical (unpaired) electrons. The quantitative estimate of drug-likeness (QED) is 0.504. The summed E-state index contributed by atoms with van der Waals surface area (Å²) < 4.78 is 78.8. The third-order valence-electron chi connectivity index (χ3n) is 7.77. The summed E-state index contributed by atoms with van der Waals surface area (Å²) >= 11 is 0. The zero-order chi connectivity index (χ0) is 29.3. The number of rotatable bonds is 8. The Balaban J connectivity index is 1.33. The van der Waals surface area contributed by atoms with Crippen molar-refractivity contribution in [1.29, 1.82) is 0 Å². The molecule has 2 aromatic rings. The van der Waals surface area contributed by atoms with E-state index in [9.17, 15) is 31.5 Å². The van der Waals surface area contributed by atoms with Crippen LogP contribution < -0.4 is 4.74 Å². The highest BCUT2D eigenvalue weighted by atomic mass is 32.2. The molecule has 1 N–H and O–H groups in total. The van der Waals surface area contributed by atoms with Crippen LogP contribution in [0.4, 0.5) is 13.2 Å². The molecule has 220 valence electrons. The molecule has 1 amide bonds. The summed E-state index contributed by atoms with van der Waals surface area (Å²) in [7, 11) is -2.27. The van der Waals surface area contributed by atoms with Crippen LogP contribution in [0.1, 0.15) is 47.9 Å². The summed E-state index contributed by atoms with van der Waals surface area (Å²) in [6.07, 6.45) is -3.05. The molecule has 12 heteroatoms. The number of alkyl halides is 3. The van der Waals surface area contributed by atoms with Gasteiger partial charge in [0.05, 0.1) is 29.8 Å². The Morgan fingerprint density at radius 2 is 1.75 bits per heavy atom. The van der Waals surface area contributed by atoms with Gasteiger partial charge in [0.1, 0.15) is 12.4 Å². The minimum atomic E-state index is -4.51. The second kappa shape index (κ2) is 11.7. The van der Waals surface area contributed by atoms with E-state index in [1.165, 1.54) is 28.4 Å². The number of methoxy groups -OCH3 is 1. The average Bonchev–Trinajstić information content (AvgIpc) is 3.37. The van der Waals surface area contributed by atoms with Crippen molar-refractivity contribution in [2.45, 2.75) is 62.2 Å². The largest absolute Gasteiger partial charge is 0.497 e. The molecule has 1 atom stereocenters. The number of hydrogen-bond acceptors (Lipinski definition) is 6. The number of ether oxygens (including phenoxy) is 2. The maximum Gasteiger partial charge on any atom is 0.416 e. The number of halogens is 3. The topological polar surface area (TPSA) is 96.4 Å². The van der Waals surface area contributed by atoms with Crippen LogP contribution in [-0.2, 0) is 31.3 Å². The normalized spacial score (nSPS) is 20.1. The van der Waals surface area contributed by atoms with Gasteiger partial charge in [-0.3, -0.25) is 4.79 Å². The highest BCUT2D eigenvalue weighted by Crippen LogP contribution is 2.37. The lowest BCUT2D eigenvalue weighted by atomic mass is 9.83. The maximum absolute atomic E-state index is 13.6. The smallest absolute Gasteiger partial charge is 0.416 e. The molecule has 0 saturated carbocycles. The number of nitrogens with zero attached hydrogens (tertiary/aromatic N) is 2.